The highest BCUT2D eigenvalue weighted by atomic mass is 15.1. The minimum absolute atomic E-state index is 0.239. The van der Waals surface area contributed by atoms with Gasteiger partial charge in [-0.15, -0.1) is 0 Å². The first-order chi connectivity index (χ1) is 13.8. The van der Waals surface area contributed by atoms with Crippen molar-refractivity contribution >= 4 is 0 Å². The van der Waals surface area contributed by atoms with Crippen LogP contribution in [0.5, 0.6) is 0 Å². The van der Waals surface area contributed by atoms with Gasteiger partial charge in [0.25, 0.3) is 0 Å². The van der Waals surface area contributed by atoms with Crippen molar-refractivity contribution in [2.45, 2.75) is 23.9 Å². The number of imidazole rings is 1. The van der Waals surface area contributed by atoms with E-state index in [9.17, 15) is 0 Å². The molecule has 0 aliphatic heterocycles. The number of nitrogens with two attached hydrogens (primary N) is 1. The van der Waals surface area contributed by atoms with Crippen molar-refractivity contribution in [2.24, 2.45) is 5.73 Å². The minimum atomic E-state index is -0.492. The summed E-state index contributed by atoms with van der Waals surface area (Å²) in [4.78, 5) is 4.75. The summed E-state index contributed by atoms with van der Waals surface area (Å²) in [5.74, 6) is 0.376. The molecular formula is C25H23N3. The van der Waals surface area contributed by atoms with E-state index in [1.165, 1.54) is 16.7 Å². The Labute approximate surface area is 165 Å². The number of aromatic nitrogens is 2. The number of hydrogen-bond acceptors (Lipinski definition) is 2. The standard InChI is InChI=1S/C25H23N3/c26-23-16-22(23)24-17-28(18-27-24)25(19-10-4-1-5-11-19,20-12-6-2-7-13-20)21-14-8-3-9-15-21/h1-15,17-18,22-23H,16,26H2/t22-,23+/m0/s1. The van der Waals surface area contributed by atoms with Gasteiger partial charge < -0.3 is 10.3 Å². The first-order valence-corrected chi connectivity index (χ1v) is 9.76. The van der Waals surface area contributed by atoms with Gasteiger partial charge in [-0.1, -0.05) is 91.0 Å². The molecule has 3 nitrogen and oxygen atoms in total. The SMILES string of the molecule is N[C@@H]1C[C@@H]1c1cn(C(c2ccccc2)(c2ccccc2)c2ccccc2)cn1. The molecule has 0 saturated heterocycles. The van der Waals surface area contributed by atoms with Crippen LogP contribution >= 0.6 is 0 Å². The Hall–Kier alpha value is -3.17. The van der Waals surface area contributed by atoms with Gasteiger partial charge in [0, 0.05) is 18.2 Å². The summed E-state index contributed by atoms with van der Waals surface area (Å²) in [6.07, 6.45) is 5.17. The molecule has 28 heavy (non-hydrogen) atoms. The molecule has 2 atom stereocenters. The van der Waals surface area contributed by atoms with E-state index in [4.69, 9.17) is 10.7 Å². The van der Waals surface area contributed by atoms with Gasteiger partial charge in [0.15, 0.2) is 0 Å². The molecule has 4 aromatic rings. The molecule has 3 heteroatoms. The van der Waals surface area contributed by atoms with Gasteiger partial charge in [-0.25, -0.2) is 4.98 Å². The van der Waals surface area contributed by atoms with Gasteiger partial charge in [-0.3, -0.25) is 0 Å². The largest absolute Gasteiger partial charge is 0.327 e. The molecule has 2 N–H and O–H groups in total. The second-order valence-electron chi connectivity index (χ2n) is 7.52. The van der Waals surface area contributed by atoms with Crippen LogP contribution in [-0.4, -0.2) is 15.6 Å². The molecule has 1 aliphatic carbocycles. The van der Waals surface area contributed by atoms with Crippen molar-refractivity contribution in [1.82, 2.24) is 9.55 Å². The van der Waals surface area contributed by atoms with Crippen LogP contribution in [-0.2, 0) is 5.54 Å². The molecule has 0 unspecified atom stereocenters. The van der Waals surface area contributed by atoms with E-state index in [0.717, 1.165) is 12.1 Å². The highest BCUT2D eigenvalue weighted by Gasteiger charge is 2.41. The lowest BCUT2D eigenvalue weighted by atomic mass is 9.77. The van der Waals surface area contributed by atoms with Crippen molar-refractivity contribution in [2.75, 3.05) is 0 Å². The van der Waals surface area contributed by atoms with Gasteiger partial charge in [0.2, 0.25) is 0 Å². The molecule has 138 valence electrons. The summed E-state index contributed by atoms with van der Waals surface area (Å²) in [7, 11) is 0. The lowest BCUT2D eigenvalue weighted by Crippen LogP contribution is -2.36. The van der Waals surface area contributed by atoms with E-state index in [1.54, 1.807) is 0 Å². The maximum absolute atomic E-state index is 6.10. The molecule has 0 radical (unpaired) electrons. The summed E-state index contributed by atoms with van der Waals surface area (Å²) in [5, 5.41) is 0. The third-order valence-electron chi connectivity index (χ3n) is 5.78. The quantitative estimate of drug-likeness (QED) is 0.528. The summed E-state index contributed by atoms with van der Waals surface area (Å²) in [6.45, 7) is 0. The molecule has 3 aromatic carbocycles. The average molecular weight is 365 g/mol. The summed E-state index contributed by atoms with van der Waals surface area (Å²) < 4.78 is 2.26. The van der Waals surface area contributed by atoms with Gasteiger partial charge >= 0.3 is 0 Å². The third kappa shape index (κ3) is 2.67. The first kappa shape index (κ1) is 17.0. The van der Waals surface area contributed by atoms with Gasteiger partial charge in [-0.05, 0) is 23.1 Å². The Kier molecular flexibility index (Phi) is 4.10. The smallest absolute Gasteiger partial charge is 0.121 e. The second-order valence-corrected chi connectivity index (χ2v) is 7.52. The summed E-state index contributed by atoms with van der Waals surface area (Å²) >= 11 is 0. The van der Waals surface area contributed by atoms with E-state index in [-0.39, 0.29) is 6.04 Å². The Balaban J connectivity index is 1.81. The Morgan fingerprint density at radius 2 is 1.18 bits per heavy atom. The van der Waals surface area contributed by atoms with Gasteiger partial charge in [0.05, 0.1) is 12.0 Å². The number of nitrogens with zero attached hydrogens (tertiary/aromatic N) is 2. The van der Waals surface area contributed by atoms with Gasteiger partial charge in [0.1, 0.15) is 5.54 Å². The minimum Gasteiger partial charge on any atom is -0.327 e. The lowest BCUT2D eigenvalue weighted by Gasteiger charge is -2.37. The van der Waals surface area contributed by atoms with Crippen LogP contribution in [0.3, 0.4) is 0 Å². The Morgan fingerprint density at radius 1 is 0.750 bits per heavy atom. The van der Waals surface area contributed by atoms with Crippen molar-refractivity contribution in [3.05, 3.63) is 126 Å². The predicted octanol–water partition coefficient (Wildman–Crippen LogP) is 4.54. The molecule has 1 heterocycles. The molecule has 1 saturated carbocycles. The maximum atomic E-state index is 6.10. The van der Waals surface area contributed by atoms with E-state index in [2.05, 4.69) is 102 Å². The van der Waals surface area contributed by atoms with Crippen LogP contribution in [0.1, 0.15) is 34.7 Å². The van der Waals surface area contributed by atoms with Crippen LogP contribution in [0, 0.1) is 0 Å². The summed E-state index contributed by atoms with van der Waals surface area (Å²) in [5.41, 5.74) is 10.3. The normalized spacial score (nSPS) is 18.8. The molecule has 5 rings (SSSR count). The van der Waals surface area contributed by atoms with Crippen LogP contribution in [0.4, 0.5) is 0 Å². The molecule has 0 bridgehead atoms. The van der Waals surface area contributed by atoms with Crippen molar-refractivity contribution in [3.63, 3.8) is 0 Å². The highest BCUT2D eigenvalue weighted by Crippen LogP contribution is 2.43. The van der Waals surface area contributed by atoms with Crippen LogP contribution in [0.2, 0.25) is 0 Å². The highest BCUT2D eigenvalue weighted by molar-refractivity contribution is 5.50. The lowest BCUT2D eigenvalue weighted by molar-refractivity contribution is 0.514. The molecule has 1 aliphatic rings. The van der Waals surface area contributed by atoms with Crippen LogP contribution < -0.4 is 5.73 Å². The number of rotatable bonds is 5. The predicted molar refractivity (Wildman–Crippen MR) is 112 cm³/mol. The first-order valence-electron chi connectivity index (χ1n) is 9.76. The molecular weight excluding hydrogens is 342 g/mol. The van der Waals surface area contributed by atoms with E-state index in [1.807, 2.05) is 6.33 Å². The topological polar surface area (TPSA) is 43.8 Å². The molecule has 1 fully saturated rings. The fourth-order valence-electron chi connectivity index (χ4n) is 4.25. The fourth-order valence-corrected chi connectivity index (χ4v) is 4.25. The van der Waals surface area contributed by atoms with Crippen molar-refractivity contribution < 1.29 is 0 Å². The molecule has 0 spiro atoms. The van der Waals surface area contributed by atoms with E-state index >= 15 is 0 Å². The van der Waals surface area contributed by atoms with Crippen molar-refractivity contribution in [3.8, 4) is 0 Å². The van der Waals surface area contributed by atoms with Crippen molar-refractivity contribution in [1.29, 1.82) is 0 Å². The maximum Gasteiger partial charge on any atom is 0.121 e. The Morgan fingerprint density at radius 3 is 1.57 bits per heavy atom. The zero-order valence-electron chi connectivity index (χ0n) is 15.6. The van der Waals surface area contributed by atoms with E-state index < -0.39 is 5.54 Å². The zero-order chi connectivity index (χ0) is 19.0. The average Bonchev–Trinajstić information content (AvgIpc) is 3.29. The van der Waals surface area contributed by atoms with Crippen LogP contribution in [0.15, 0.2) is 104 Å². The fraction of sp³-hybridized carbons (Fsp3) is 0.160. The second kappa shape index (κ2) is 6.77. The third-order valence-corrected chi connectivity index (χ3v) is 5.78. The monoisotopic (exact) mass is 365 g/mol. The van der Waals surface area contributed by atoms with Gasteiger partial charge in [-0.2, -0.15) is 0 Å². The Bertz CT molecular complexity index is 958. The number of hydrogen-bond donors (Lipinski definition) is 1. The van der Waals surface area contributed by atoms with Crippen LogP contribution in [0.25, 0.3) is 0 Å². The molecule has 0 amide bonds. The zero-order valence-corrected chi connectivity index (χ0v) is 15.6. The number of benzene rings is 3. The molecule has 1 aromatic heterocycles. The van der Waals surface area contributed by atoms with E-state index in [0.29, 0.717) is 5.92 Å². The summed E-state index contributed by atoms with van der Waals surface area (Å²) in [6, 6.07) is 32.2.